The normalized spacial score (nSPS) is 32.0. The second-order valence-electron chi connectivity index (χ2n) is 1.54. The minimum atomic E-state index is -0.250. The van der Waals surface area contributed by atoms with Gasteiger partial charge in [0.25, 0.3) is 5.12 Å². The Balaban J connectivity index is 2.14. The maximum Gasteiger partial charge on any atom is 0.287 e. The van der Waals surface area contributed by atoms with Gasteiger partial charge in [-0.3, -0.25) is 0 Å². The van der Waals surface area contributed by atoms with E-state index in [1.54, 1.807) is 11.8 Å². The van der Waals surface area contributed by atoms with Crippen LogP contribution in [0.5, 0.6) is 0 Å². The van der Waals surface area contributed by atoms with Crippen molar-refractivity contribution in [3.8, 4) is 0 Å². The first-order valence-corrected chi connectivity index (χ1v) is 2.99. The Morgan fingerprint density at radius 2 is 2.43 bits per heavy atom. The summed E-state index contributed by atoms with van der Waals surface area (Å²) >= 11 is 1.59. The number of hydrogen-bond donors (Lipinski definition) is 0. The fourth-order valence-corrected chi connectivity index (χ4v) is 1.25. The molecule has 2 aliphatic heterocycles. The van der Waals surface area contributed by atoms with Crippen LogP contribution in [-0.4, -0.2) is 5.12 Å². The molecule has 2 aliphatic rings. The van der Waals surface area contributed by atoms with Crippen LogP contribution in [0.25, 0.3) is 0 Å². The van der Waals surface area contributed by atoms with Crippen LogP contribution < -0.4 is 0 Å². The molecule has 0 bridgehead atoms. The molecule has 0 atom stereocenters. The molecule has 2 rings (SSSR count). The van der Waals surface area contributed by atoms with Gasteiger partial charge in [0.2, 0.25) is 0 Å². The second kappa shape index (κ2) is 1.05. The summed E-state index contributed by atoms with van der Waals surface area (Å²) in [7, 11) is 0. The maximum absolute atomic E-state index is 4.66. The van der Waals surface area contributed by atoms with Crippen molar-refractivity contribution in [1.82, 2.24) is 0 Å². The molecule has 1 fully saturated rings. The summed E-state index contributed by atoms with van der Waals surface area (Å²) in [5.74, 6) is 0. The molecule has 3 heteroatoms. The standard InChI is InChI=1S/C4H4O2S/c1-2-4(5-6-4)7-3-1/h1,3H,2H2. The Bertz CT molecular complexity index is 107. The minimum absolute atomic E-state index is 0.250. The van der Waals surface area contributed by atoms with Crippen molar-refractivity contribution in [3.05, 3.63) is 11.5 Å². The molecule has 0 aliphatic carbocycles. The largest absolute Gasteiger partial charge is 0.287 e. The first kappa shape index (κ1) is 3.95. The average Bonchev–Trinajstić information content (AvgIpc) is 2.15. The Morgan fingerprint density at radius 1 is 1.57 bits per heavy atom. The van der Waals surface area contributed by atoms with Crippen LogP contribution in [-0.2, 0) is 9.78 Å². The molecule has 7 heavy (non-hydrogen) atoms. The van der Waals surface area contributed by atoms with Crippen molar-refractivity contribution < 1.29 is 9.78 Å². The molecule has 1 saturated heterocycles. The summed E-state index contributed by atoms with van der Waals surface area (Å²) in [4.78, 5) is 9.31. The molecule has 0 aromatic rings. The highest BCUT2D eigenvalue weighted by molar-refractivity contribution is 8.03. The molecule has 0 saturated carbocycles. The van der Waals surface area contributed by atoms with Crippen LogP contribution in [0.15, 0.2) is 11.5 Å². The van der Waals surface area contributed by atoms with E-state index in [9.17, 15) is 0 Å². The second-order valence-corrected chi connectivity index (χ2v) is 2.67. The highest BCUT2D eigenvalue weighted by Crippen LogP contribution is 2.48. The van der Waals surface area contributed by atoms with Crippen molar-refractivity contribution in [2.45, 2.75) is 11.5 Å². The van der Waals surface area contributed by atoms with Crippen molar-refractivity contribution in [2.75, 3.05) is 0 Å². The molecule has 0 aromatic carbocycles. The minimum Gasteiger partial charge on any atom is -0.182 e. The zero-order chi connectivity index (χ0) is 4.74. The van der Waals surface area contributed by atoms with Crippen LogP contribution in [0.3, 0.4) is 0 Å². The predicted molar refractivity (Wildman–Crippen MR) is 26.2 cm³/mol. The van der Waals surface area contributed by atoms with Crippen molar-refractivity contribution in [3.63, 3.8) is 0 Å². The van der Waals surface area contributed by atoms with E-state index < -0.39 is 0 Å². The van der Waals surface area contributed by atoms with Gasteiger partial charge in [-0.25, -0.2) is 0 Å². The lowest BCUT2D eigenvalue weighted by Crippen LogP contribution is -1.94. The van der Waals surface area contributed by atoms with Crippen molar-refractivity contribution in [2.24, 2.45) is 0 Å². The molecule has 38 valence electrons. The highest BCUT2D eigenvalue weighted by atomic mass is 32.2. The summed E-state index contributed by atoms with van der Waals surface area (Å²) in [6.45, 7) is 0. The Hall–Kier alpha value is 0.01000. The topological polar surface area (TPSA) is 25.1 Å². The summed E-state index contributed by atoms with van der Waals surface area (Å²) in [6, 6.07) is 0. The van der Waals surface area contributed by atoms with Gasteiger partial charge in [0.15, 0.2) is 0 Å². The zero-order valence-corrected chi connectivity index (χ0v) is 4.40. The van der Waals surface area contributed by atoms with Gasteiger partial charge in [-0.1, -0.05) is 17.8 Å². The Morgan fingerprint density at radius 3 is 2.71 bits per heavy atom. The zero-order valence-electron chi connectivity index (χ0n) is 3.59. The fourth-order valence-electron chi connectivity index (χ4n) is 0.546. The van der Waals surface area contributed by atoms with Crippen LogP contribution in [0.2, 0.25) is 0 Å². The van der Waals surface area contributed by atoms with Crippen molar-refractivity contribution >= 4 is 11.8 Å². The summed E-state index contributed by atoms with van der Waals surface area (Å²) in [5.41, 5.74) is 0. The van der Waals surface area contributed by atoms with E-state index in [1.165, 1.54) is 0 Å². The summed E-state index contributed by atoms with van der Waals surface area (Å²) < 4.78 is 0. The van der Waals surface area contributed by atoms with Gasteiger partial charge in [-0.2, -0.15) is 9.78 Å². The Kier molecular flexibility index (Phi) is 0.590. The monoisotopic (exact) mass is 116 g/mol. The van der Waals surface area contributed by atoms with E-state index in [-0.39, 0.29) is 5.12 Å². The van der Waals surface area contributed by atoms with E-state index >= 15 is 0 Å². The van der Waals surface area contributed by atoms with Gasteiger partial charge >= 0.3 is 0 Å². The smallest absolute Gasteiger partial charge is 0.182 e. The van der Waals surface area contributed by atoms with Gasteiger partial charge in [-0.05, 0) is 5.41 Å². The summed E-state index contributed by atoms with van der Waals surface area (Å²) in [5, 5.41) is 1.74. The van der Waals surface area contributed by atoms with Gasteiger partial charge in [-0.15, -0.1) is 0 Å². The maximum atomic E-state index is 4.66. The van der Waals surface area contributed by atoms with Crippen LogP contribution in [0, 0.1) is 0 Å². The van der Waals surface area contributed by atoms with E-state index in [2.05, 4.69) is 9.78 Å². The first-order valence-electron chi connectivity index (χ1n) is 2.11. The quantitative estimate of drug-likeness (QED) is 0.352. The third kappa shape index (κ3) is 0.492. The SMILES string of the molecule is C1=CSC2(C1)OO2. The molecular formula is C4H4O2S. The first-order chi connectivity index (χ1) is 3.41. The number of hydrogen-bond acceptors (Lipinski definition) is 3. The van der Waals surface area contributed by atoms with Crippen LogP contribution in [0.4, 0.5) is 0 Å². The predicted octanol–water partition coefficient (Wildman–Crippen LogP) is 1.25. The summed E-state index contributed by atoms with van der Waals surface area (Å²) in [6.07, 6.45) is 2.94. The number of thioether (sulfide) groups is 1. The molecule has 2 heterocycles. The lowest BCUT2D eigenvalue weighted by molar-refractivity contribution is 0.0850. The van der Waals surface area contributed by atoms with E-state index in [0.29, 0.717) is 0 Å². The van der Waals surface area contributed by atoms with E-state index in [4.69, 9.17) is 0 Å². The molecule has 0 amide bonds. The fraction of sp³-hybridized carbons (Fsp3) is 0.500. The van der Waals surface area contributed by atoms with Gasteiger partial charge in [0.05, 0.1) is 0 Å². The molecule has 0 unspecified atom stereocenters. The van der Waals surface area contributed by atoms with Gasteiger partial charge in [0.1, 0.15) is 0 Å². The van der Waals surface area contributed by atoms with E-state index in [0.717, 1.165) is 6.42 Å². The lowest BCUT2D eigenvalue weighted by Gasteiger charge is -1.85. The number of rotatable bonds is 0. The lowest BCUT2D eigenvalue weighted by atomic mass is 10.4. The third-order valence-electron chi connectivity index (χ3n) is 0.981. The Labute approximate surface area is 45.4 Å². The molecule has 0 N–H and O–H groups in total. The van der Waals surface area contributed by atoms with Gasteiger partial charge < -0.3 is 0 Å². The molecule has 1 spiro atoms. The van der Waals surface area contributed by atoms with Crippen LogP contribution >= 0.6 is 11.8 Å². The van der Waals surface area contributed by atoms with E-state index in [1.807, 2.05) is 11.5 Å². The van der Waals surface area contributed by atoms with Crippen LogP contribution in [0.1, 0.15) is 6.42 Å². The average molecular weight is 116 g/mol. The molecule has 0 radical (unpaired) electrons. The molecule has 0 aromatic heterocycles. The molecule has 2 nitrogen and oxygen atoms in total. The highest BCUT2D eigenvalue weighted by Gasteiger charge is 2.50. The molecular weight excluding hydrogens is 112 g/mol. The van der Waals surface area contributed by atoms with Crippen molar-refractivity contribution in [1.29, 1.82) is 0 Å². The van der Waals surface area contributed by atoms with Gasteiger partial charge in [0, 0.05) is 6.42 Å². The third-order valence-corrected chi connectivity index (χ3v) is 1.97.